The van der Waals surface area contributed by atoms with E-state index in [4.69, 9.17) is 9.47 Å². The molecule has 0 bridgehead atoms. The number of epoxide rings is 2. The van der Waals surface area contributed by atoms with Gasteiger partial charge >= 0.3 is 0 Å². The lowest BCUT2D eigenvalue weighted by Crippen LogP contribution is -2.02. The van der Waals surface area contributed by atoms with Crippen LogP contribution in [0, 0.1) is 0 Å². The third-order valence-corrected chi connectivity index (χ3v) is 4.83. The van der Waals surface area contributed by atoms with Crippen LogP contribution in [0.1, 0.15) is 84.0 Å². The third kappa shape index (κ3) is 6.97. The summed E-state index contributed by atoms with van der Waals surface area (Å²) in [6.07, 6.45) is 19.8. The topological polar surface area (TPSA) is 25.1 Å². The molecule has 2 aliphatic heterocycles. The summed E-state index contributed by atoms with van der Waals surface area (Å²) in [7, 11) is 0. The smallest absolute Gasteiger partial charge is 0.0867 e. The third-order valence-electron chi connectivity index (χ3n) is 4.83. The number of rotatable bonds is 14. The minimum atomic E-state index is 0.520. The van der Waals surface area contributed by atoms with Crippen molar-refractivity contribution in [2.45, 2.75) is 108 Å². The Kier molecular flexibility index (Phi) is 7.81. The van der Waals surface area contributed by atoms with E-state index in [2.05, 4.69) is 13.5 Å². The molecule has 0 aliphatic carbocycles. The van der Waals surface area contributed by atoms with E-state index < -0.39 is 0 Å². The van der Waals surface area contributed by atoms with Gasteiger partial charge in [-0.3, -0.25) is 0 Å². The maximum atomic E-state index is 5.79. The van der Waals surface area contributed by atoms with Crippen LogP contribution in [0.4, 0.5) is 0 Å². The normalized spacial score (nSPS) is 30.3. The van der Waals surface area contributed by atoms with Crippen molar-refractivity contribution >= 4 is 0 Å². The fraction of sp³-hybridized carbons (Fsp3) is 0.895. The van der Waals surface area contributed by atoms with Crippen molar-refractivity contribution in [3.05, 3.63) is 12.7 Å². The Balaban J connectivity index is 1.37. The molecule has 0 radical (unpaired) electrons. The highest BCUT2D eigenvalue weighted by atomic mass is 16.6. The molecular weight excluding hydrogens is 260 g/mol. The molecule has 0 saturated carbocycles. The van der Waals surface area contributed by atoms with Gasteiger partial charge in [0.15, 0.2) is 0 Å². The summed E-state index contributed by atoms with van der Waals surface area (Å²) < 4.78 is 11.5. The Labute approximate surface area is 131 Å². The molecule has 2 heteroatoms. The maximum Gasteiger partial charge on any atom is 0.0867 e. The predicted molar refractivity (Wildman–Crippen MR) is 88.6 cm³/mol. The van der Waals surface area contributed by atoms with Crippen molar-refractivity contribution in [1.29, 1.82) is 0 Å². The molecule has 2 fully saturated rings. The van der Waals surface area contributed by atoms with Gasteiger partial charge in [-0.2, -0.15) is 0 Å². The monoisotopic (exact) mass is 294 g/mol. The summed E-state index contributed by atoms with van der Waals surface area (Å²) in [5.74, 6) is 0. The second-order valence-electron chi connectivity index (χ2n) is 6.79. The molecule has 2 nitrogen and oxygen atoms in total. The van der Waals surface area contributed by atoms with Gasteiger partial charge in [-0.15, -0.1) is 6.58 Å². The molecule has 2 rings (SSSR count). The number of unbranched alkanes of at least 4 members (excludes halogenated alkanes) is 7. The Hall–Kier alpha value is -0.340. The molecule has 122 valence electrons. The summed E-state index contributed by atoms with van der Waals surface area (Å²) in [6, 6.07) is 0. The molecule has 2 saturated heterocycles. The van der Waals surface area contributed by atoms with E-state index in [-0.39, 0.29) is 0 Å². The van der Waals surface area contributed by atoms with Gasteiger partial charge in [0.25, 0.3) is 0 Å². The highest BCUT2D eigenvalue weighted by molar-refractivity contribution is 4.94. The van der Waals surface area contributed by atoms with Crippen LogP contribution in [0.3, 0.4) is 0 Å². The van der Waals surface area contributed by atoms with E-state index in [1.165, 1.54) is 70.6 Å². The average Bonchev–Trinajstić information content (AvgIpc) is 3.39. The largest absolute Gasteiger partial charge is 0.369 e. The number of allylic oxidation sites excluding steroid dienone is 1. The molecule has 0 unspecified atom stereocenters. The van der Waals surface area contributed by atoms with E-state index in [9.17, 15) is 0 Å². The Morgan fingerprint density at radius 1 is 0.762 bits per heavy atom. The highest BCUT2D eigenvalue weighted by Gasteiger charge is 2.47. The first-order valence-corrected chi connectivity index (χ1v) is 9.27. The standard InChI is InChI=1S/C19H34O2/c1-3-5-7-8-9-10-12-14-17-19(21-17)15-18-16(20-18)13-11-6-4-2/h3,16-19H,1,4-15H2,2H3/t16-,17-,18-,19-/m0/s1. The SMILES string of the molecule is C=CCCCCCCC[C@@H]1O[C@H]1C[C@@H]1O[C@H]1CCCCC. The first-order chi connectivity index (χ1) is 10.3. The Bertz CT molecular complexity index is 289. The van der Waals surface area contributed by atoms with E-state index in [0.29, 0.717) is 24.4 Å². The van der Waals surface area contributed by atoms with Crippen LogP contribution in [0.2, 0.25) is 0 Å². The summed E-state index contributed by atoms with van der Waals surface area (Å²) in [4.78, 5) is 0. The number of hydrogen-bond donors (Lipinski definition) is 0. The van der Waals surface area contributed by atoms with Crippen LogP contribution in [0.15, 0.2) is 12.7 Å². The second-order valence-corrected chi connectivity index (χ2v) is 6.79. The minimum absolute atomic E-state index is 0.520. The summed E-state index contributed by atoms with van der Waals surface area (Å²) in [6.45, 7) is 6.02. The molecular formula is C19H34O2. The van der Waals surface area contributed by atoms with Crippen LogP contribution in [-0.2, 0) is 9.47 Å². The van der Waals surface area contributed by atoms with Gasteiger partial charge in [0, 0.05) is 6.42 Å². The van der Waals surface area contributed by atoms with Crippen molar-refractivity contribution in [3.63, 3.8) is 0 Å². The van der Waals surface area contributed by atoms with E-state index in [0.717, 1.165) is 6.42 Å². The van der Waals surface area contributed by atoms with Crippen molar-refractivity contribution < 1.29 is 9.47 Å². The molecule has 2 aliphatic rings. The van der Waals surface area contributed by atoms with Gasteiger partial charge in [0.1, 0.15) is 0 Å². The fourth-order valence-corrected chi connectivity index (χ4v) is 3.27. The zero-order valence-corrected chi connectivity index (χ0v) is 13.9. The van der Waals surface area contributed by atoms with Crippen LogP contribution >= 0.6 is 0 Å². The molecule has 0 aromatic carbocycles. The van der Waals surface area contributed by atoms with Crippen molar-refractivity contribution in [2.24, 2.45) is 0 Å². The quantitative estimate of drug-likeness (QED) is 0.243. The molecule has 0 aromatic rings. The molecule has 4 atom stereocenters. The molecule has 2 heterocycles. The van der Waals surface area contributed by atoms with Gasteiger partial charge < -0.3 is 9.47 Å². The average molecular weight is 294 g/mol. The van der Waals surface area contributed by atoms with Gasteiger partial charge in [-0.1, -0.05) is 57.9 Å². The fourth-order valence-electron chi connectivity index (χ4n) is 3.27. The van der Waals surface area contributed by atoms with Crippen molar-refractivity contribution in [1.82, 2.24) is 0 Å². The maximum absolute atomic E-state index is 5.79. The summed E-state index contributed by atoms with van der Waals surface area (Å²) >= 11 is 0. The van der Waals surface area contributed by atoms with Crippen molar-refractivity contribution in [3.8, 4) is 0 Å². The summed E-state index contributed by atoms with van der Waals surface area (Å²) in [5.41, 5.74) is 0. The predicted octanol–water partition coefficient (Wildman–Crippen LogP) is 5.41. The van der Waals surface area contributed by atoms with Gasteiger partial charge in [0.2, 0.25) is 0 Å². The first kappa shape index (κ1) is 17.0. The summed E-state index contributed by atoms with van der Waals surface area (Å²) in [5, 5.41) is 0. The second kappa shape index (κ2) is 9.63. The lowest BCUT2D eigenvalue weighted by atomic mass is 10.0. The van der Waals surface area contributed by atoms with E-state index in [1.807, 2.05) is 6.08 Å². The van der Waals surface area contributed by atoms with Crippen LogP contribution in [-0.4, -0.2) is 24.4 Å². The zero-order chi connectivity index (χ0) is 14.9. The van der Waals surface area contributed by atoms with E-state index in [1.54, 1.807) is 0 Å². The Morgan fingerprint density at radius 3 is 1.95 bits per heavy atom. The molecule has 21 heavy (non-hydrogen) atoms. The van der Waals surface area contributed by atoms with Gasteiger partial charge in [-0.05, 0) is 25.7 Å². The van der Waals surface area contributed by atoms with E-state index >= 15 is 0 Å². The van der Waals surface area contributed by atoms with Crippen molar-refractivity contribution in [2.75, 3.05) is 0 Å². The van der Waals surface area contributed by atoms with Gasteiger partial charge in [-0.25, -0.2) is 0 Å². The van der Waals surface area contributed by atoms with Gasteiger partial charge in [0.05, 0.1) is 24.4 Å². The van der Waals surface area contributed by atoms with Crippen LogP contribution in [0.5, 0.6) is 0 Å². The lowest BCUT2D eigenvalue weighted by Gasteiger charge is -1.99. The molecule has 0 N–H and O–H groups in total. The first-order valence-electron chi connectivity index (χ1n) is 9.27. The number of hydrogen-bond acceptors (Lipinski definition) is 2. The number of ether oxygens (including phenoxy) is 2. The Morgan fingerprint density at radius 2 is 1.33 bits per heavy atom. The van der Waals surface area contributed by atoms with Crippen LogP contribution in [0.25, 0.3) is 0 Å². The minimum Gasteiger partial charge on any atom is -0.369 e. The lowest BCUT2D eigenvalue weighted by molar-refractivity contribution is 0.318. The zero-order valence-electron chi connectivity index (χ0n) is 13.9. The molecule has 0 spiro atoms. The highest BCUT2D eigenvalue weighted by Crippen LogP contribution is 2.39. The molecule has 0 aromatic heterocycles. The molecule has 0 amide bonds. The van der Waals surface area contributed by atoms with Crippen LogP contribution < -0.4 is 0 Å².